The number of hydrogen-bond acceptors (Lipinski definition) is 7. The van der Waals surface area contributed by atoms with Crippen molar-refractivity contribution in [3.8, 4) is 5.75 Å². The van der Waals surface area contributed by atoms with E-state index >= 15 is 0 Å². The van der Waals surface area contributed by atoms with Crippen LogP contribution in [0.1, 0.15) is 11.1 Å². The largest absolute Gasteiger partial charge is 0.508 e. The van der Waals surface area contributed by atoms with Crippen molar-refractivity contribution < 1.29 is 38.6 Å². The molecule has 9 N–H and O–H groups in total. The predicted octanol–water partition coefficient (Wildman–Crippen LogP) is -1.53. The zero-order chi connectivity index (χ0) is 27.4. The van der Waals surface area contributed by atoms with E-state index in [1.807, 2.05) is 0 Å². The average molecular weight is 535 g/mol. The number of rotatable bonds is 13. The second-order valence-electron chi connectivity index (χ2n) is 8.15. The molecule has 0 bridgehead atoms. The van der Waals surface area contributed by atoms with E-state index in [0.717, 1.165) is 5.56 Å². The van der Waals surface area contributed by atoms with Gasteiger partial charge in [-0.3, -0.25) is 23.7 Å². The van der Waals surface area contributed by atoms with E-state index in [4.69, 9.17) is 15.5 Å². The van der Waals surface area contributed by atoms with Gasteiger partial charge in [0.2, 0.25) is 23.6 Å². The number of carbonyl (C=O) groups is 4. The van der Waals surface area contributed by atoms with Crippen LogP contribution in [0.25, 0.3) is 0 Å². The van der Waals surface area contributed by atoms with Crippen LogP contribution in [-0.4, -0.2) is 70.0 Å². The molecule has 0 spiro atoms. The second kappa shape index (κ2) is 14.1. The molecule has 13 nitrogen and oxygen atoms in total. The van der Waals surface area contributed by atoms with E-state index in [-0.39, 0.29) is 18.6 Å². The third-order valence-electron chi connectivity index (χ3n) is 4.99. The van der Waals surface area contributed by atoms with E-state index in [1.54, 1.807) is 42.5 Å². The molecule has 4 amide bonds. The molecule has 2 atom stereocenters. The van der Waals surface area contributed by atoms with Crippen LogP contribution >= 0.6 is 7.60 Å². The van der Waals surface area contributed by atoms with E-state index in [9.17, 15) is 28.8 Å². The van der Waals surface area contributed by atoms with Crippen molar-refractivity contribution in [2.45, 2.75) is 24.9 Å². The molecule has 0 radical (unpaired) electrons. The smallest absolute Gasteiger partial charge is 0.344 e. The van der Waals surface area contributed by atoms with E-state index in [2.05, 4.69) is 21.3 Å². The third kappa shape index (κ3) is 11.7. The van der Waals surface area contributed by atoms with Crippen molar-refractivity contribution in [3.05, 3.63) is 65.7 Å². The number of nitrogens with two attached hydrogens (primary N) is 1. The first-order chi connectivity index (χ1) is 17.4. The maximum absolute atomic E-state index is 12.4. The molecule has 0 heterocycles. The SMILES string of the molecule is NC(Cc1ccc(O)cc1)C(=O)NCC(=O)NCC(=O)NC(Cc1ccccc1)C(=O)NCP(=O)(O)O. The normalized spacial score (nSPS) is 12.6. The Hall–Kier alpha value is -3.77. The molecule has 14 heteroatoms. The molecule has 2 aromatic rings. The summed E-state index contributed by atoms with van der Waals surface area (Å²) < 4.78 is 11.1. The van der Waals surface area contributed by atoms with Crippen LogP contribution in [0.2, 0.25) is 0 Å². The number of hydrogen-bond donors (Lipinski definition) is 8. The molecule has 0 aliphatic rings. The standard InChI is InChI=1S/C23H30N5O8P/c24-18(10-16-6-8-17(29)9-7-16)22(32)26-12-20(30)25-13-21(31)28-19(11-15-4-2-1-3-5-15)23(33)27-14-37(34,35)36/h1-9,18-19,29H,10-14,24H2,(H,25,30)(H,26,32)(H,27,33)(H,28,31)(H2,34,35,36). The summed E-state index contributed by atoms with van der Waals surface area (Å²) in [6.07, 6.45) is -0.663. The molecule has 0 aliphatic carbocycles. The first kappa shape index (κ1) is 29.5. The molecule has 0 fully saturated rings. The highest BCUT2D eigenvalue weighted by molar-refractivity contribution is 7.51. The fraction of sp³-hybridized carbons (Fsp3) is 0.304. The van der Waals surface area contributed by atoms with Crippen molar-refractivity contribution >= 4 is 31.2 Å². The predicted molar refractivity (Wildman–Crippen MR) is 133 cm³/mol. The van der Waals surface area contributed by atoms with Crippen LogP contribution in [0.15, 0.2) is 54.6 Å². The van der Waals surface area contributed by atoms with E-state index in [0.29, 0.717) is 5.56 Å². The zero-order valence-electron chi connectivity index (χ0n) is 19.8. The summed E-state index contributed by atoms with van der Waals surface area (Å²) in [7, 11) is -4.50. The maximum Gasteiger partial charge on any atom is 0.344 e. The highest BCUT2D eigenvalue weighted by Gasteiger charge is 2.24. The summed E-state index contributed by atoms with van der Waals surface area (Å²) in [6, 6.07) is 12.7. The Labute approximate surface area is 213 Å². The fourth-order valence-corrected chi connectivity index (χ4v) is 3.49. The van der Waals surface area contributed by atoms with Crippen LogP contribution in [0.3, 0.4) is 0 Å². The molecule has 2 aromatic carbocycles. The Bertz CT molecular complexity index is 1120. The molecule has 2 rings (SSSR count). The van der Waals surface area contributed by atoms with Gasteiger partial charge >= 0.3 is 7.60 Å². The molecule has 0 saturated heterocycles. The van der Waals surface area contributed by atoms with Gasteiger partial charge in [0.25, 0.3) is 0 Å². The van der Waals surface area contributed by atoms with Gasteiger partial charge in [0, 0.05) is 6.42 Å². The van der Waals surface area contributed by atoms with Crippen molar-refractivity contribution in [1.29, 1.82) is 0 Å². The van der Waals surface area contributed by atoms with Gasteiger partial charge in [0.15, 0.2) is 0 Å². The molecule has 0 aromatic heterocycles. The Kier molecular flexibility index (Phi) is 11.2. The van der Waals surface area contributed by atoms with E-state index in [1.165, 1.54) is 12.1 Å². The summed E-state index contributed by atoms with van der Waals surface area (Å²) >= 11 is 0. The molecular formula is C23H30N5O8P. The zero-order valence-corrected chi connectivity index (χ0v) is 20.7. The van der Waals surface area contributed by atoms with Gasteiger partial charge in [-0.25, -0.2) is 0 Å². The van der Waals surface area contributed by atoms with Crippen LogP contribution in [0, 0.1) is 0 Å². The number of aromatic hydroxyl groups is 1. The number of carbonyl (C=O) groups excluding carboxylic acids is 4. The molecule has 2 unspecified atom stereocenters. The minimum Gasteiger partial charge on any atom is -0.508 e. The molecule has 37 heavy (non-hydrogen) atoms. The molecule has 0 aliphatic heterocycles. The van der Waals surface area contributed by atoms with Crippen LogP contribution in [0.4, 0.5) is 0 Å². The van der Waals surface area contributed by atoms with Gasteiger partial charge in [0.05, 0.1) is 19.1 Å². The van der Waals surface area contributed by atoms with Gasteiger partial charge in [0.1, 0.15) is 18.1 Å². The molecule has 200 valence electrons. The summed E-state index contributed by atoms with van der Waals surface area (Å²) in [5.74, 6) is -2.71. The number of amides is 4. The van der Waals surface area contributed by atoms with Crippen molar-refractivity contribution in [3.63, 3.8) is 0 Å². The highest BCUT2D eigenvalue weighted by Crippen LogP contribution is 2.31. The lowest BCUT2D eigenvalue weighted by Gasteiger charge is -2.19. The maximum atomic E-state index is 12.4. The van der Waals surface area contributed by atoms with Crippen molar-refractivity contribution in [2.75, 3.05) is 19.4 Å². The van der Waals surface area contributed by atoms with Gasteiger partial charge in [-0.15, -0.1) is 0 Å². The first-order valence-electron chi connectivity index (χ1n) is 11.2. The van der Waals surface area contributed by atoms with Crippen molar-refractivity contribution in [1.82, 2.24) is 21.3 Å². The van der Waals surface area contributed by atoms with Crippen LogP contribution in [-0.2, 0) is 36.6 Å². The number of benzene rings is 2. The Morgan fingerprint density at radius 1 is 0.784 bits per heavy atom. The van der Waals surface area contributed by atoms with Gasteiger partial charge in [-0.2, -0.15) is 0 Å². The lowest BCUT2D eigenvalue weighted by molar-refractivity contribution is -0.130. The number of nitrogens with one attached hydrogen (secondary N) is 4. The van der Waals surface area contributed by atoms with Gasteiger partial charge in [-0.05, 0) is 29.7 Å². The third-order valence-corrected chi connectivity index (χ3v) is 5.56. The lowest BCUT2D eigenvalue weighted by Crippen LogP contribution is -2.51. The lowest BCUT2D eigenvalue weighted by atomic mass is 10.1. The first-order valence-corrected chi connectivity index (χ1v) is 13.0. The van der Waals surface area contributed by atoms with Crippen LogP contribution in [0.5, 0.6) is 5.75 Å². The van der Waals surface area contributed by atoms with Crippen LogP contribution < -0.4 is 27.0 Å². The summed E-state index contributed by atoms with van der Waals surface area (Å²) in [5, 5.41) is 18.5. The van der Waals surface area contributed by atoms with Crippen molar-refractivity contribution in [2.24, 2.45) is 5.73 Å². The fourth-order valence-electron chi connectivity index (χ4n) is 3.13. The second-order valence-corrected chi connectivity index (χ2v) is 9.79. The average Bonchev–Trinajstić information content (AvgIpc) is 2.85. The number of phenolic OH excluding ortho intramolecular Hbond substituents is 1. The Balaban J connectivity index is 1.82. The minimum absolute atomic E-state index is 0.0441. The molecule has 0 saturated carbocycles. The topological polar surface area (TPSA) is 220 Å². The van der Waals surface area contributed by atoms with E-state index < -0.39 is 62.7 Å². The minimum atomic E-state index is -4.50. The summed E-state index contributed by atoms with van der Waals surface area (Å²) in [6.45, 7) is -0.947. The van der Waals surface area contributed by atoms with Gasteiger partial charge < -0.3 is 41.9 Å². The summed E-state index contributed by atoms with van der Waals surface area (Å²) in [5.41, 5.74) is 7.24. The monoisotopic (exact) mass is 535 g/mol. The summed E-state index contributed by atoms with van der Waals surface area (Å²) in [4.78, 5) is 66.9. The molecular weight excluding hydrogens is 505 g/mol. The quantitative estimate of drug-likeness (QED) is 0.139. The Morgan fingerprint density at radius 2 is 1.38 bits per heavy atom. The Morgan fingerprint density at radius 3 is 2.00 bits per heavy atom. The number of phenols is 1. The highest BCUT2D eigenvalue weighted by atomic mass is 31.2. The van der Waals surface area contributed by atoms with Gasteiger partial charge in [-0.1, -0.05) is 42.5 Å².